The van der Waals surface area contributed by atoms with Gasteiger partial charge in [0.1, 0.15) is 11.4 Å². The van der Waals surface area contributed by atoms with E-state index in [1.54, 1.807) is 24.3 Å². The first kappa shape index (κ1) is 17.7. The van der Waals surface area contributed by atoms with Crippen molar-refractivity contribution in [3.63, 3.8) is 0 Å². The number of hydrogen-bond acceptors (Lipinski definition) is 5. The third-order valence-electron chi connectivity index (χ3n) is 4.43. The molecule has 1 N–H and O–H groups in total. The Bertz CT molecular complexity index is 1180. The van der Waals surface area contributed by atoms with Gasteiger partial charge in [0.15, 0.2) is 0 Å². The predicted molar refractivity (Wildman–Crippen MR) is 96.5 cm³/mol. The number of Topliss-reactive ketones (excluding diaryl/α,β-unsaturated/α-hetero) is 1. The monoisotopic (exact) mass is 385 g/mol. The van der Waals surface area contributed by atoms with Gasteiger partial charge in [0.2, 0.25) is 5.78 Å². The number of nitro groups is 1. The minimum Gasteiger partial charge on any atom is -0.287 e. The minimum absolute atomic E-state index is 0.0426. The first-order valence-corrected chi connectivity index (χ1v) is 8.03. The van der Waals surface area contributed by atoms with Crippen LogP contribution in [-0.2, 0) is 6.18 Å². The first-order valence-electron chi connectivity index (χ1n) is 8.03. The zero-order chi connectivity index (χ0) is 20.1. The molecular formula is C19H10F3N3O3. The van der Waals surface area contributed by atoms with Crippen LogP contribution in [0.1, 0.15) is 21.5 Å². The number of nitro benzene ring substituents is 1. The fraction of sp³-hybridized carbons (Fsp3) is 0.0526. The topological polar surface area (TPSA) is 84.6 Å². The van der Waals surface area contributed by atoms with Gasteiger partial charge < -0.3 is 0 Å². The summed E-state index contributed by atoms with van der Waals surface area (Å²) in [7, 11) is 0. The Kier molecular flexibility index (Phi) is 3.88. The van der Waals surface area contributed by atoms with Gasteiger partial charge in [-0.3, -0.25) is 20.3 Å². The molecule has 9 heteroatoms. The summed E-state index contributed by atoms with van der Waals surface area (Å²) < 4.78 is 38.4. The van der Waals surface area contributed by atoms with Crippen LogP contribution < -0.4 is 5.43 Å². The molecular weight excluding hydrogens is 375 g/mol. The largest absolute Gasteiger partial charge is 0.416 e. The molecule has 140 valence electrons. The van der Waals surface area contributed by atoms with Crippen LogP contribution in [0.25, 0.3) is 10.8 Å². The number of ketones is 1. The van der Waals surface area contributed by atoms with E-state index in [1.165, 1.54) is 0 Å². The maximum atomic E-state index is 12.8. The van der Waals surface area contributed by atoms with Crippen LogP contribution >= 0.6 is 0 Å². The zero-order valence-corrected chi connectivity index (χ0v) is 13.9. The lowest BCUT2D eigenvalue weighted by molar-refractivity contribution is -0.384. The van der Waals surface area contributed by atoms with Crippen molar-refractivity contribution >= 4 is 33.6 Å². The van der Waals surface area contributed by atoms with Gasteiger partial charge in [0.05, 0.1) is 10.5 Å². The Morgan fingerprint density at radius 2 is 1.68 bits per heavy atom. The van der Waals surface area contributed by atoms with E-state index in [2.05, 4.69) is 10.5 Å². The minimum atomic E-state index is -4.71. The fourth-order valence-electron chi connectivity index (χ4n) is 3.16. The van der Waals surface area contributed by atoms with Crippen LogP contribution in [0.15, 0.2) is 59.7 Å². The van der Waals surface area contributed by atoms with Crippen molar-refractivity contribution in [2.24, 2.45) is 5.10 Å². The smallest absolute Gasteiger partial charge is 0.287 e. The van der Waals surface area contributed by atoms with Crippen LogP contribution in [0.3, 0.4) is 0 Å². The summed E-state index contributed by atoms with van der Waals surface area (Å²) >= 11 is 0. The summed E-state index contributed by atoms with van der Waals surface area (Å²) in [6, 6.07) is 12.6. The van der Waals surface area contributed by atoms with Crippen molar-refractivity contribution in [3.8, 4) is 0 Å². The number of nitrogens with zero attached hydrogens (tertiary/aromatic N) is 2. The summed E-state index contributed by atoms with van der Waals surface area (Å²) in [6.07, 6.45) is -4.71. The Balaban J connectivity index is 1.76. The molecule has 3 aromatic carbocycles. The molecule has 4 rings (SSSR count). The van der Waals surface area contributed by atoms with Gasteiger partial charge in [0, 0.05) is 22.6 Å². The van der Waals surface area contributed by atoms with Crippen LogP contribution in [0.4, 0.5) is 24.5 Å². The fourth-order valence-corrected chi connectivity index (χ4v) is 3.16. The molecule has 0 aromatic heterocycles. The molecule has 0 bridgehead atoms. The second kappa shape index (κ2) is 6.15. The van der Waals surface area contributed by atoms with E-state index in [0.717, 1.165) is 16.8 Å². The highest BCUT2D eigenvalue weighted by atomic mass is 19.4. The van der Waals surface area contributed by atoms with E-state index in [4.69, 9.17) is 0 Å². The average molecular weight is 385 g/mol. The van der Waals surface area contributed by atoms with Crippen molar-refractivity contribution in [3.05, 3.63) is 81.4 Å². The molecule has 0 unspecified atom stereocenters. The Morgan fingerprint density at radius 1 is 1.00 bits per heavy atom. The Morgan fingerprint density at radius 3 is 2.32 bits per heavy atom. The molecule has 1 aliphatic carbocycles. The van der Waals surface area contributed by atoms with E-state index in [1.807, 2.05) is 12.1 Å². The van der Waals surface area contributed by atoms with Gasteiger partial charge in [0.25, 0.3) is 5.69 Å². The normalized spacial score (nSPS) is 14.7. The number of hydrazone groups is 1. The third-order valence-corrected chi connectivity index (χ3v) is 4.43. The first-order chi connectivity index (χ1) is 13.3. The van der Waals surface area contributed by atoms with E-state index in [-0.39, 0.29) is 17.2 Å². The highest BCUT2D eigenvalue weighted by Gasteiger charge is 2.33. The number of carbonyl (C=O) groups excluding carboxylic acids is 1. The van der Waals surface area contributed by atoms with E-state index >= 15 is 0 Å². The molecule has 0 amide bonds. The number of halogens is 3. The molecule has 0 spiro atoms. The highest BCUT2D eigenvalue weighted by Crippen LogP contribution is 2.35. The third kappa shape index (κ3) is 2.77. The lowest BCUT2D eigenvalue weighted by Gasteiger charge is -2.09. The Labute approximate surface area is 155 Å². The molecule has 0 radical (unpaired) electrons. The highest BCUT2D eigenvalue weighted by molar-refractivity contribution is 6.59. The summed E-state index contributed by atoms with van der Waals surface area (Å²) in [5, 5.41) is 16.7. The second-order valence-corrected chi connectivity index (χ2v) is 6.10. The summed E-state index contributed by atoms with van der Waals surface area (Å²) in [4.78, 5) is 22.9. The number of carbonyl (C=O) groups is 1. The summed E-state index contributed by atoms with van der Waals surface area (Å²) in [5.41, 5.74) is 1.25. The van der Waals surface area contributed by atoms with Crippen molar-refractivity contribution in [2.45, 2.75) is 6.18 Å². The molecule has 6 nitrogen and oxygen atoms in total. The van der Waals surface area contributed by atoms with E-state index in [9.17, 15) is 28.1 Å². The molecule has 0 aliphatic heterocycles. The molecule has 28 heavy (non-hydrogen) atoms. The van der Waals surface area contributed by atoms with Gasteiger partial charge in [-0.2, -0.15) is 18.3 Å². The SMILES string of the molecule is O=C1/C(=N\Nc2ccc(C(F)(F)F)cc2[N+](=O)[O-])c2cccc3cccc1c23. The maximum Gasteiger partial charge on any atom is 0.416 e. The van der Waals surface area contributed by atoms with Gasteiger partial charge in [-0.1, -0.05) is 36.4 Å². The maximum absolute atomic E-state index is 12.8. The quantitative estimate of drug-likeness (QED) is 0.519. The van der Waals surface area contributed by atoms with Crippen LogP contribution in [0.5, 0.6) is 0 Å². The van der Waals surface area contributed by atoms with Crippen LogP contribution in [0, 0.1) is 10.1 Å². The lowest BCUT2D eigenvalue weighted by atomic mass is 10.1. The number of alkyl halides is 3. The van der Waals surface area contributed by atoms with Gasteiger partial charge >= 0.3 is 6.18 Å². The molecule has 1 aliphatic rings. The van der Waals surface area contributed by atoms with Crippen molar-refractivity contribution in [1.29, 1.82) is 0 Å². The van der Waals surface area contributed by atoms with Gasteiger partial charge in [-0.05, 0) is 17.5 Å². The van der Waals surface area contributed by atoms with Crippen molar-refractivity contribution in [2.75, 3.05) is 5.43 Å². The Hall–Kier alpha value is -3.75. The number of anilines is 1. The average Bonchev–Trinajstić information content (AvgIpc) is 2.93. The number of rotatable bonds is 3. The number of hydrogen-bond donors (Lipinski definition) is 1. The van der Waals surface area contributed by atoms with Gasteiger partial charge in [-0.25, -0.2) is 0 Å². The zero-order valence-electron chi connectivity index (χ0n) is 13.9. The lowest BCUT2D eigenvalue weighted by Crippen LogP contribution is -2.12. The summed E-state index contributed by atoms with van der Waals surface area (Å²) in [5.74, 6) is -0.367. The molecule has 3 aromatic rings. The molecule has 0 fully saturated rings. The number of nitrogens with one attached hydrogen (secondary N) is 1. The second-order valence-electron chi connectivity index (χ2n) is 6.10. The van der Waals surface area contributed by atoms with E-state index < -0.39 is 22.4 Å². The van der Waals surface area contributed by atoms with Crippen molar-refractivity contribution in [1.82, 2.24) is 0 Å². The van der Waals surface area contributed by atoms with Gasteiger partial charge in [-0.15, -0.1) is 0 Å². The van der Waals surface area contributed by atoms with Crippen LogP contribution in [0.2, 0.25) is 0 Å². The van der Waals surface area contributed by atoms with E-state index in [0.29, 0.717) is 23.3 Å². The molecule has 0 saturated carbocycles. The molecule has 0 atom stereocenters. The predicted octanol–water partition coefficient (Wildman–Crippen LogP) is 4.78. The number of benzene rings is 3. The summed E-state index contributed by atoms with van der Waals surface area (Å²) in [6.45, 7) is 0. The van der Waals surface area contributed by atoms with Crippen molar-refractivity contribution < 1.29 is 22.9 Å². The standard InChI is InChI=1S/C19H10F3N3O3/c20-19(21,22)11-7-8-14(15(9-11)25(27)28)23-24-17-12-5-1-3-10-4-2-6-13(16(10)12)18(17)26/h1-9,23H/b24-17-. The van der Waals surface area contributed by atoms with Crippen LogP contribution in [-0.4, -0.2) is 16.4 Å². The molecule has 0 heterocycles. The molecule has 0 saturated heterocycles.